The highest BCUT2D eigenvalue weighted by Crippen LogP contribution is 1.92. The summed E-state index contributed by atoms with van der Waals surface area (Å²) in [6.07, 6.45) is -0.242. The smallest absolute Gasteiger partial charge is 0.425 e. The quantitative estimate of drug-likeness (QED) is 0.745. The van der Waals surface area contributed by atoms with Crippen LogP contribution in [0.4, 0.5) is 4.79 Å². The first kappa shape index (κ1) is 13.7. The molecule has 1 aromatic rings. The fourth-order valence-electron chi connectivity index (χ4n) is 1.18. The molecule has 8 heteroatoms. The Morgan fingerprint density at radius 1 is 1.22 bits per heavy atom. The number of aromatic amines is 1. The summed E-state index contributed by atoms with van der Waals surface area (Å²) >= 11 is 0. The van der Waals surface area contributed by atoms with Gasteiger partial charge in [0.1, 0.15) is 5.56 Å². The van der Waals surface area contributed by atoms with E-state index in [9.17, 15) is 19.2 Å². The molecule has 0 radical (unpaired) electrons. The molecule has 98 valence electrons. The van der Waals surface area contributed by atoms with Gasteiger partial charge in [-0.15, -0.1) is 0 Å². The van der Waals surface area contributed by atoms with E-state index < -0.39 is 28.9 Å². The van der Waals surface area contributed by atoms with Gasteiger partial charge in [0.05, 0.1) is 13.2 Å². The Hall–Kier alpha value is -2.38. The van der Waals surface area contributed by atoms with Gasteiger partial charge in [0, 0.05) is 6.20 Å². The lowest BCUT2D eigenvalue weighted by atomic mass is 10.3. The molecule has 1 N–H and O–H groups in total. The summed E-state index contributed by atoms with van der Waals surface area (Å²) in [5, 5.41) is 0. The number of esters is 1. The van der Waals surface area contributed by atoms with Crippen LogP contribution in [0.5, 0.6) is 0 Å². The number of nitrogens with one attached hydrogen (secondary N) is 1. The Bertz CT molecular complexity index is 570. The molecule has 0 fully saturated rings. The normalized spacial score (nSPS) is 9.89. The predicted octanol–water partition coefficient (Wildman–Crippen LogP) is -0.282. The van der Waals surface area contributed by atoms with Crippen molar-refractivity contribution in [3.05, 3.63) is 32.6 Å². The second kappa shape index (κ2) is 5.80. The molecular weight excluding hydrogens is 244 g/mol. The van der Waals surface area contributed by atoms with E-state index in [1.54, 1.807) is 6.92 Å². The van der Waals surface area contributed by atoms with Gasteiger partial charge in [0.15, 0.2) is 0 Å². The zero-order chi connectivity index (χ0) is 13.7. The highest BCUT2D eigenvalue weighted by atomic mass is 16.6. The fraction of sp³-hybridized carbons (Fsp3) is 0.400. The molecular formula is C10H12N2O6. The van der Waals surface area contributed by atoms with Gasteiger partial charge in [-0.1, -0.05) is 0 Å². The minimum atomic E-state index is -1.14. The molecule has 0 aliphatic carbocycles. The van der Waals surface area contributed by atoms with Crippen molar-refractivity contribution in [1.82, 2.24) is 9.55 Å². The van der Waals surface area contributed by atoms with Crippen molar-refractivity contribution < 1.29 is 19.1 Å². The van der Waals surface area contributed by atoms with Crippen molar-refractivity contribution in [2.45, 2.75) is 13.8 Å². The molecule has 0 saturated carbocycles. The summed E-state index contributed by atoms with van der Waals surface area (Å²) < 4.78 is 9.36. The molecule has 1 aromatic heterocycles. The van der Waals surface area contributed by atoms with E-state index in [0.29, 0.717) is 0 Å². The molecule has 0 atom stereocenters. The molecule has 0 spiro atoms. The Morgan fingerprint density at radius 2 is 1.83 bits per heavy atom. The third-order valence-electron chi connectivity index (χ3n) is 1.92. The van der Waals surface area contributed by atoms with Crippen LogP contribution in [0.15, 0.2) is 15.8 Å². The monoisotopic (exact) mass is 256 g/mol. The summed E-state index contributed by atoms with van der Waals surface area (Å²) in [7, 11) is 0. The SMILES string of the molecule is CCOC(=O)c1c[nH]c(=O)n(C(=O)OCC)c1=O. The zero-order valence-corrected chi connectivity index (χ0v) is 9.89. The van der Waals surface area contributed by atoms with E-state index in [4.69, 9.17) is 0 Å². The lowest BCUT2D eigenvalue weighted by Crippen LogP contribution is -2.42. The van der Waals surface area contributed by atoms with Gasteiger partial charge >= 0.3 is 17.8 Å². The van der Waals surface area contributed by atoms with Crippen molar-refractivity contribution in [2.24, 2.45) is 0 Å². The molecule has 1 heterocycles. The summed E-state index contributed by atoms with van der Waals surface area (Å²) in [4.78, 5) is 48.0. The van der Waals surface area contributed by atoms with Crippen molar-refractivity contribution in [3.63, 3.8) is 0 Å². The van der Waals surface area contributed by atoms with Crippen LogP contribution in [-0.2, 0) is 9.47 Å². The van der Waals surface area contributed by atoms with Gasteiger partial charge < -0.3 is 14.5 Å². The number of H-pyrrole nitrogens is 1. The predicted molar refractivity (Wildman–Crippen MR) is 59.7 cm³/mol. The van der Waals surface area contributed by atoms with Crippen molar-refractivity contribution >= 4 is 12.1 Å². The Kier molecular flexibility index (Phi) is 4.41. The van der Waals surface area contributed by atoms with E-state index in [0.717, 1.165) is 6.20 Å². The lowest BCUT2D eigenvalue weighted by molar-refractivity contribution is 0.0523. The van der Waals surface area contributed by atoms with E-state index in [2.05, 4.69) is 14.5 Å². The minimum absolute atomic E-state index is 0.00561. The molecule has 0 amide bonds. The number of carbonyl (C=O) groups excluding carboxylic acids is 2. The maximum Gasteiger partial charge on any atom is 0.425 e. The maximum atomic E-state index is 11.8. The number of hydrogen-bond donors (Lipinski definition) is 1. The molecule has 1 rings (SSSR count). The molecule has 8 nitrogen and oxygen atoms in total. The number of carbonyl (C=O) groups is 2. The molecule has 0 aliphatic rings. The molecule has 0 saturated heterocycles. The van der Waals surface area contributed by atoms with E-state index in [1.165, 1.54) is 6.92 Å². The van der Waals surface area contributed by atoms with Crippen molar-refractivity contribution in [2.75, 3.05) is 13.2 Å². The van der Waals surface area contributed by atoms with Crippen LogP contribution in [0.3, 0.4) is 0 Å². The zero-order valence-electron chi connectivity index (χ0n) is 9.89. The van der Waals surface area contributed by atoms with Crippen LogP contribution in [0, 0.1) is 0 Å². The number of nitrogens with zero attached hydrogens (tertiary/aromatic N) is 1. The van der Waals surface area contributed by atoms with Gasteiger partial charge in [0.2, 0.25) is 0 Å². The third kappa shape index (κ3) is 2.65. The topological polar surface area (TPSA) is 107 Å². The molecule has 0 bridgehead atoms. The Balaban J connectivity index is 3.32. The van der Waals surface area contributed by atoms with Crippen LogP contribution in [0.2, 0.25) is 0 Å². The first-order valence-electron chi connectivity index (χ1n) is 5.21. The van der Waals surface area contributed by atoms with Gasteiger partial charge in [-0.25, -0.2) is 14.4 Å². The van der Waals surface area contributed by atoms with Gasteiger partial charge in [-0.05, 0) is 13.8 Å². The number of rotatable bonds is 3. The lowest BCUT2D eigenvalue weighted by Gasteiger charge is -2.05. The largest absolute Gasteiger partial charge is 0.462 e. The average molecular weight is 256 g/mol. The molecule has 0 aliphatic heterocycles. The van der Waals surface area contributed by atoms with Gasteiger partial charge in [-0.3, -0.25) is 4.79 Å². The summed E-state index contributed by atoms with van der Waals surface area (Å²) in [6.45, 7) is 3.14. The van der Waals surface area contributed by atoms with Crippen LogP contribution in [0.1, 0.15) is 24.2 Å². The van der Waals surface area contributed by atoms with Gasteiger partial charge in [-0.2, -0.15) is 4.57 Å². The number of hydrogen-bond acceptors (Lipinski definition) is 6. The Labute approximate surface area is 101 Å². The van der Waals surface area contributed by atoms with Crippen molar-refractivity contribution in [3.8, 4) is 0 Å². The number of ether oxygens (including phenoxy) is 2. The van der Waals surface area contributed by atoms with E-state index >= 15 is 0 Å². The summed E-state index contributed by atoms with van der Waals surface area (Å²) in [6, 6.07) is 0. The third-order valence-corrected chi connectivity index (χ3v) is 1.92. The highest BCUT2D eigenvalue weighted by Gasteiger charge is 2.20. The summed E-state index contributed by atoms with van der Waals surface area (Å²) in [5.41, 5.74) is -2.49. The second-order valence-electron chi connectivity index (χ2n) is 3.07. The molecule has 0 unspecified atom stereocenters. The first-order valence-corrected chi connectivity index (χ1v) is 5.21. The first-order chi connectivity index (χ1) is 8.52. The van der Waals surface area contributed by atoms with E-state index in [-0.39, 0.29) is 17.8 Å². The second-order valence-corrected chi connectivity index (χ2v) is 3.07. The summed E-state index contributed by atoms with van der Waals surface area (Å²) in [5.74, 6) is -0.920. The molecule has 0 aromatic carbocycles. The maximum absolute atomic E-state index is 11.8. The van der Waals surface area contributed by atoms with Crippen LogP contribution in [-0.4, -0.2) is 34.8 Å². The molecule has 18 heavy (non-hydrogen) atoms. The van der Waals surface area contributed by atoms with Gasteiger partial charge in [0.25, 0.3) is 5.56 Å². The van der Waals surface area contributed by atoms with E-state index in [1.807, 2.05) is 0 Å². The standard InChI is InChI=1S/C10H12N2O6/c1-3-17-8(14)6-5-11-9(15)12(7(6)13)10(16)18-4-2/h5H,3-4H2,1-2H3,(H,11,15). The van der Waals surface area contributed by atoms with Crippen molar-refractivity contribution in [1.29, 1.82) is 0 Å². The average Bonchev–Trinajstić information content (AvgIpc) is 2.29. The van der Waals surface area contributed by atoms with Crippen LogP contribution in [0.25, 0.3) is 0 Å². The fourth-order valence-corrected chi connectivity index (χ4v) is 1.18. The highest BCUT2D eigenvalue weighted by molar-refractivity contribution is 5.89. The van der Waals surface area contributed by atoms with Crippen LogP contribution >= 0.6 is 0 Å². The minimum Gasteiger partial charge on any atom is -0.462 e. The Morgan fingerprint density at radius 3 is 2.39 bits per heavy atom. The van der Waals surface area contributed by atoms with Crippen LogP contribution < -0.4 is 11.2 Å². The number of aromatic nitrogens is 2.